The lowest BCUT2D eigenvalue weighted by Crippen LogP contribution is -2.35. The Bertz CT molecular complexity index is 383. The average molecular weight is 236 g/mol. The normalized spacial score (nSPS) is 11.0. The minimum atomic E-state index is -0.123. The highest BCUT2D eigenvalue weighted by Gasteiger charge is 2.11. The predicted molar refractivity (Wildman–Crippen MR) is 68.8 cm³/mol. The SMILES string of the molecule is CC(C)(C)CNC(=O)COc1cccc(N)c1. The molecule has 94 valence electrons. The van der Waals surface area contributed by atoms with E-state index in [0.29, 0.717) is 18.0 Å². The summed E-state index contributed by atoms with van der Waals surface area (Å²) in [6.07, 6.45) is 0. The zero-order valence-corrected chi connectivity index (χ0v) is 10.6. The van der Waals surface area contributed by atoms with Crippen LogP contribution in [0.3, 0.4) is 0 Å². The van der Waals surface area contributed by atoms with E-state index in [1.165, 1.54) is 0 Å². The molecule has 0 unspecified atom stereocenters. The largest absolute Gasteiger partial charge is 0.484 e. The van der Waals surface area contributed by atoms with Gasteiger partial charge in [-0.3, -0.25) is 4.79 Å². The topological polar surface area (TPSA) is 64.3 Å². The fourth-order valence-corrected chi connectivity index (χ4v) is 1.17. The molecule has 1 amide bonds. The fraction of sp³-hybridized carbons (Fsp3) is 0.462. The highest BCUT2D eigenvalue weighted by Crippen LogP contribution is 2.14. The molecule has 4 heteroatoms. The Kier molecular flexibility index (Phi) is 4.37. The number of nitrogens with two attached hydrogens (primary N) is 1. The maximum Gasteiger partial charge on any atom is 0.257 e. The van der Waals surface area contributed by atoms with E-state index >= 15 is 0 Å². The molecule has 1 aromatic carbocycles. The summed E-state index contributed by atoms with van der Waals surface area (Å²) >= 11 is 0. The molecule has 0 saturated heterocycles. The Morgan fingerprint density at radius 1 is 1.41 bits per heavy atom. The van der Waals surface area contributed by atoms with Gasteiger partial charge in [0, 0.05) is 18.3 Å². The second-order valence-electron chi connectivity index (χ2n) is 5.20. The van der Waals surface area contributed by atoms with Gasteiger partial charge in [-0.1, -0.05) is 26.8 Å². The molecule has 0 saturated carbocycles. The van der Waals surface area contributed by atoms with E-state index in [9.17, 15) is 4.79 Å². The van der Waals surface area contributed by atoms with Gasteiger partial charge in [-0.15, -0.1) is 0 Å². The molecule has 0 bridgehead atoms. The van der Waals surface area contributed by atoms with Gasteiger partial charge in [0.1, 0.15) is 5.75 Å². The van der Waals surface area contributed by atoms with Crippen molar-refractivity contribution in [1.29, 1.82) is 0 Å². The number of nitrogen functional groups attached to an aromatic ring is 1. The van der Waals surface area contributed by atoms with Crippen molar-refractivity contribution in [2.45, 2.75) is 20.8 Å². The summed E-state index contributed by atoms with van der Waals surface area (Å²) in [6, 6.07) is 7.02. The highest BCUT2D eigenvalue weighted by molar-refractivity contribution is 5.77. The zero-order valence-electron chi connectivity index (χ0n) is 10.6. The molecule has 0 aliphatic carbocycles. The van der Waals surface area contributed by atoms with Crippen LogP contribution >= 0.6 is 0 Å². The molecule has 0 fully saturated rings. The number of nitrogens with one attached hydrogen (secondary N) is 1. The summed E-state index contributed by atoms with van der Waals surface area (Å²) < 4.78 is 5.32. The van der Waals surface area contributed by atoms with Gasteiger partial charge in [-0.25, -0.2) is 0 Å². The molecule has 0 radical (unpaired) electrons. The summed E-state index contributed by atoms with van der Waals surface area (Å²) in [5, 5.41) is 2.81. The second-order valence-corrected chi connectivity index (χ2v) is 5.20. The molecule has 0 atom stereocenters. The number of amides is 1. The van der Waals surface area contributed by atoms with Crippen LogP contribution in [0.25, 0.3) is 0 Å². The maximum atomic E-state index is 11.5. The van der Waals surface area contributed by atoms with E-state index in [1.54, 1.807) is 24.3 Å². The van der Waals surface area contributed by atoms with Crippen LogP contribution in [-0.2, 0) is 4.79 Å². The lowest BCUT2D eigenvalue weighted by atomic mass is 9.97. The van der Waals surface area contributed by atoms with Crippen LogP contribution < -0.4 is 15.8 Å². The minimum Gasteiger partial charge on any atom is -0.484 e. The summed E-state index contributed by atoms with van der Waals surface area (Å²) in [7, 11) is 0. The van der Waals surface area contributed by atoms with E-state index in [2.05, 4.69) is 26.1 Å². The Morgan fingerprint density at radius 3 is 2.71 bits per heavy atom. The first-order chi connectivity index (χ1) is 7.87. The van der Waals surface area contributed by atoms with Crippen molar-refractivity contribution in [1.82, 2.24) is 5.32 Å². The van der Waals surface area contributed by atoms with Crippen LogP contribution in [0, 0.1) is 5.41 Å². The molecule has 0 aliphatic rings. The molecule has 0 aromatic heterocycles. The second kappa shape index (κ2) is 5.57. The molecular weight excluding hydrogens is 216 g/mol. The van der Waals surface area contributed by atoms with Crippen molar-refractivity contribution in [3.8, 4) is 5.75 Å². The number of benzene rings is 1. The molecule has 17 heavy (non-hydrogen) atoms. The van der Waals surface area contributed by atoms with Crippen LogP contribution in [0.2, 0.25) is 0 Å². The van der Waals surface area contributed by atoms with Gasteiger partial charge in [0.15, 0.2) is 6.61 Å². The summed E-state index contributed by atoms with van der Waals surface area (Å²) in [5.74, 6) is 0.484. The lowest BCUT2D eigenvalue weighted by molar-refractivity contribution is -0.123. The first-order valence-electron chi connectivity index (χ1n) is 5.62. The number of hydrogen-bond donors (Lipinski definition) is 2. The van der Waals surface area contributed by atoms with E-state index in [4.69, 9.17) is 10.5 Å². The smallest absolute Gasteiger partial charge is 0.257 e. The zero-order chi connectivity index (χ0) is 12.9. The van der Waals surface area contributed by atoms with E-state index in [-0.39, 0.29) is 17.9 Å². The standard InChI is InChI=1S/C13H20N2O2/c1-13(2,3)9-15-12(16)8-17-11-6-4-5-10(14)7-11/h4-7H,8-9,14H2,1-3H3,(H,15,16). The Balaban J connectivity index is 2.33. The molecule has 0 heterocycles. The summed E-state index contributed by atoms with van der Waals surface area (Å²) in [6.45, 7) is 6.83. The van der Waals surface area contributed by atoms with Crippen molar-refractivity contribution in [2.75, 3.05) is 18.9 Å². The van der Waals surface area contributed by atoms with Gasteiger partial charge in [-0.05, 0) is 17.5 Å². The van der Waals surface area contributed by atoms with Crippen molar-refractivity contribution in [3.05, 3.63) is 24.3 Å². The number of anilines is 1. The molecule has 4 nitrogen and oxygen atoms in total. The van der Waals surface area contributed by atoms with Gasteiger partial charge in [0.2, 0.25) is 0 Å². The highest BCUT2D eigenvalue weighted by atomic mass is 16.5. The third-order valence-electron chi connectivity index (χ3n) is 2.04. The fourth-order valence-electron chi connectivity index (χ4n) is 1.17. The van der Waals surface area contributed by atoms with Crippen LogP contribution in [-0.4, -0.2) is 19.1 Å². The average Bonchev–Trinajstić information content (AvgIpc) is 2.23. The minimum absolute atomic E-state index is 0.0134. The van der Waals surface area contributed by atoms with Gasteiger partial charge in [0.25, 0.3) is 5.91 Å². The summed E-state index contributed by atoms with van der Waals surface area (Å²) in [4.78, 5) is 11.5. The number of hydrogen-bond acceptors (Lipinski definition) is 3. The van der Waals surface area contributed by atoms with E-state index in [1.807, 2.05) is 0 Å². The number of rotatable bonds is 4. The van der Waals surface area contributed by atoms with Crippen LogP contribution in [0.5, 0.6) is 5.75 Å². The monoisotopic (exact) mass is 236 g/mol. The van der Waals surface area contributed by atoms with Gasteiger partial charge < -0.3 is 15.8 Å². The maximum absolute atomic E-state index is 11.5. The van der Waals surface area contributed by atoms with Crippen LogP contribution in [0.1, 0.15) is 20.8 Å². The van der Waals surface area contributed by atoms with Crippen LogP contribution in [0.15, 0.2) is 24.3 Å². The molecule has 1 rings (SSSR count). The molecule has 0 spiro atoms. The molecule has 0 aliphatic heterocycles. The number of carbonyl (C=O) groups is 1. The van der Waals surface area contributed by atoms with Crippen molar-refractivity contribution in [2.24, 2.45) is 5.41 Å². The van der Waals surface area contributed by atoms with Gasteiger partial charge in [0.05, 0.1) is 0 Å². The number of carbonyl (C=O) groups excluding carboxylic acids is 1. The van der Waals surface area contributed by atoms with Gasteiger partial charge >= 0.3 is 0 Å². The van der Waals surface area contributed by atoms with Gasteiger partial charge in [-0.2, -0.15) is 0 Å². The van der Waals surface area contributed by atoms with E-state index in [0.717, 1.165) is 0 Å². The number of ether oxygens (including phenoxy) is 1. The molecule has 3 N–H and O–H groups in total. The van der Waals surface area contributed by atoms with Crippen molar-refractivity contribution in [3.63, 3.8) is 0 Å². The van der Waals surface area contributed by atoms with E-state index < -0.39 is 0 Å². The molecular formula is C13H20N2O2. The third kappa shape index (κ3) is 5.80. The molecule has 1 aromatic rings. The van der Waals surface area contributed by atoms with Crippen LogP contribution in [0.4, 0.5) is 5.69 Å². The van der Waals surface area contributed by atoms with Crippen molar-refractivity contribution < 1.29 is 9.53 Å². The predicted octanol–water partition coefficient (Wildman–Crippen LogP) is 1.81. The quantitative estimate of drug-likeness (QED) is 0.784. The Morgan fingerprint density at radius 2 is 2.12 bits per heavy atom. The Labute approximate surface area is 102 Å². The summed E-state index contributed by atoms with van der Waals surface area (Å²) in [5.41, 5.74) is 6.30. The first kappa shape index (κ1) is 13.4. The van der Waals surface area contributed by atoms with Crippen molar-refractivity contribution >= 4 is 11.6 Å². The first-order valence-corrected chi connectivity index (χ1v) is 5.62. The third-order valence-corrected chi connectivity index (χ3v) is 2.04. The Hall–Kier alpha value is -1.71. The lowest BCUT2D eigenvalue weighted by Gasteiger charge is -2.18.